The predicted molar refractivity (Wildman–Crippen MR) is 40.4 cm³/mol. The molecule has 4 heteroatoms. The molecule has 1 aliphatic rings. The Hall–Kier alpha value is -1.06. The summed E-state index contributed by atoms with van der Waals surface area (Å²) in [5.74, 6) is 0.835. The molecule has 0 aromatic carbocycles. The van der Waals surface area contributed by atoms with E-state index in [1.807, 2.05) is 0 Å². The maximum absolute atomic E-state index is 4.91. The van der Waals surface area contributed by atoms with Crippen molar-refractivity contribution in [1.82, 2.24) is 10.1 Å². The molecule has 1 aliphatic carbocycles. The van der Waals surface area contributed by atoms with Gasteiger partial charge in [-0.15, -0.1) is 0 Å². The Bertz CT molecular complexity index is 264. The highest BCUT2D eigenvalue weighted by Crippen LogP contribution is 2.46. The molecule has 2 rings (SSSR count). The predicted octanol–water partition coefficient (Wildman–Crippen LogP) is 1.16. The molecule has 1 aromatic rings. The van der Waals surface area contributed by atoms with Crippen LogP contribution in [0, 0.1) is 0 Å². The molecule has 0 bridgehead atoms. The average molecular weight is 153 g/mol. The largest absolute Gasteiger partial charge is 0.341 e. The molecule has 0 saturated heterocycles. The van der Waals surface area contributed by atoms with Crippen LogP contribution in [0.5, 0.6) is 0 Å². The monoisotopic (exact) mass is 153 g/mol. The quantitative estimate of drug-likeness (QED) is 0.692. The maximum Gasteiger partial charge on any atom is 0.321 e. The number of anilines is 1. The third kappa shape index (κ3) is 0.982. The van der Waals surface area contributed by atoms with Gasteiger partial charge in [0.05, 0.1) is 0 Å². The van der Waals surface area contributed by atoms with E-state index in [0.29, 0.717) is 6.01 Å². The van der Waals surface area contributed by atoms with E-state index >= 15 is 0 Å². The van der Waals surface area contributed by atoms with Crippen molar-refractivity contribution < 1.29 is 4.52 Å². The van der Waals surface area contributed by atoms with E-state index in [2.05, 4.69) is 22.4 Å². The zero-order valence-electron chi connectivity index (χ0n) is 6.72. The van der Waals surface area contributed by atoms with Crippen LogP contribution in [0.4, 0.5) is 6.01 Å². The summed E-state index contributed by atoms with van der Waals surface area (Å²) in [7, 11) is 1.77. The number of rotatable bonds is 2. The molecular weight excluding hydrogens is 142 g/mol. The molecular formula is C7H11N3O. The smallest absolute Gasteiger partial charge is 0.321 e. The lowest BCUT2D eigenvalue weighted by Gasteiger charge is -1.96. The second kappa shape index (κ2) is 1.96. The van der Waals surface area contributed by atoms with Crippen molar-refractivity contribution in [2.24, 2.45) is 0 Å². The van der Waals surface area contributed by atoms with Gasteiger partial charge >= 0.3 is 6.01 Å². The number of hydrogen-bond acceptors (Lipinski definition) is 4. The van der Waals surface area contributed by atoms with Crippen molar-refractivity contribution in [3.05, 3.63) is 5.82 Å². The molecule has 0 aliphatic heterocycles. The van der Waals surface area contributed by atoms with E-state index in [4.69, 9.17) is 4.52 Å². The van der Waals surface area contributed by atoms with Gasteiger partial charge in [0.15, 0.2) is 5.82 Å². The molecule has 1 saturated carbocycles. The van der Waals surface area contributed by atoms with Crippen LogP contribution < -0.4 is 5.32 Å². The van der Waals surface area contributed by atoms with Gasteiger partial charge in [0.1, 0.15) is 0 Å². The summed E-state index contributed by atoms with van der Waals surface area (Å²) in [4.78, 5) is 4.17. The van der Waals surface area contributed by atoms with Crippen LogP contribution in [-0.4, -0.2) is 17.2 Å². The lowest BCUT2D eigenvalue weighted by atomic mass is 10.1. The first-order valence-corrected chi connectivity index (χ1v) is 3.76. The van der Waals surface area contributed by atoms with Crippen molar-refractivity contribution in [3.8, 4) is 0 Å². The fourth-order valence-electron chi connectivity index (χ4n) is 0.981. The molecule has 1 heterocycles. The second-order valence-corrected chi connectivity index (χ2v) is 3.23. The zero-order valence-corrected chi connectivity index (χ0v) is 6.72. The molecule has 0 amide bonds. The first-order valence-electron chi connectivity index (χ1n) is 3.76. The van der Waals surface area contributed by atoms with E-state index < -0.39 is 0 Å². The Labute approximate surface area is 65.0 Å². The summed E-state index contributed by atoms with van der Waals surface area (Å²) in [6, 6.07) is 0.508. The lowest BCUT2D eigenvalue weighted by Crippen LogP contribution is -2.02. The highest BCUT2D eigenvalue weighted by atomic mass is 16.5. The molecule has 0 radical (unpaired) electrons. The Kier molecular flexibility index (Phi) is 1.19. The highest BCUT2D eigenvalue weighted by Gasteiger charge is 2.43. The molecule has 0 atom stereocenters. The van der Waals surface area contributed by atoms with Gasteiger partial charge in [0.2, 0.25) is 0 Å². The van der Waals surface area contributed by atoms with Crippen LogP contribution in [0.2, 0.25) is 0 Å². The Morgan fingerprint density at radius 1 is 1.55 bits per heavy atom. The Morgan fingerprint density at radius 3 is 2.73 bits per heavy atom. The van der Waals surface area contributed by atoms with Crippen molar-refractivity contribution in [1.29, 1.82) is 0 Å². The van der Waals surface area contributed by atoms with Crippen molar-refractivity contribution in [2.75, 3.05) is 12.4 Å². The summed E-state index contributed by atoms with van der Waals surface area (Å²) in [5.41, 5.74) is 0.207. The number of nitrogens with one attached hydrogen (secondary N) is 1. The second-order valence-electron chi connectivity index (χ2n) is 3.23. The number of nitrogens with zero attached hydrogens (tertiary/aromatic N) is 2. The minimum absolute atomic E-state index is 0.207. The standard InChI is InChI=1S/C7H11N3O/c1-7(3-4-7)5-9-6(8-2)11-10-5/h3-4H2,1-2H3,(H,8,9,10). The molecule has 0 unspecified atom stereocenters. The van der Waals surface area contributed by atoms with Crippen LogP contribution in [0.3, 0.4) is 0 Å². The Balaban J connectivity index is 2.25. The maximum atomic E-state index is 4.91. The van der Waals surface area contributed by atoms with Gasteiger partial charge < -0.3 is 9.84 Å². The fraction of sp³-hybridized carbons (Fsp3) is 0.714. The zero-order chi connectivity index (χ0) is 7.90. The first kappa shape index (κ1) is 6.64. The van der Waals surface area contributed by atoms with Crippen molar-refractivity contribution >= 4 is 6.01 Å². The van der Waals surface area contributed by atoms with Gasteiger partial charge in [-0.25, -0.2) is 0 Å². The van der Waals surface area contributed by atoms with Gasteiger partial charge in [-0.3, -0.25) is 0 Å². The van der Waals surface area contributed by atoms with E-state index in [1.54, 1.807) is 7.05 Å². The van der Waals surface area contributed by atoms with E-state index in [1.165, 1.54) is 12.8 Å². The first-order chi connectivity index (χ1) is 5.24. The van der Waals surface area contributed by atoms with Gasteiger partial charge in [-0.1, -0.05) is 12.1 Å². The summed E-state index contributed by atoms with van der Waals surface area (Å²) in [6.45, 7) is 2.15. The van der Waals surface area contributed by atoms with Gasteiger partial charge in [-0.2, -0.15) is 4.98 Å². The van der Waals surface area contributed by atoms with E-state index in [9.17, 15) is 0 Å². The highest BCUT2D eigenvalue weighted by molar-refractivity contribution is 5.22. The van der Waals surface area contributed by atoms with Crippen LogP contribution in [0.25, 0.3) is 0 Å². The lowest BCUT2D eigenvalue weighted by molar-refractivity contribution is 0.417. The Morgan fingerprint density at radius 2 is 2.27 bits per heavy atom. The molecule has 1 N–H and O–H groups in total. The van der Waals surface area contributed by atoms with Gasteiger partial charge in [0.25, 0.3) is 0 Å². The minimum atomic E-state index is 0.207. The number of hydrogen-bond donors (Lipinski definition) is 1. The van der Waals surface area contributed by atoms with Gasteiger partial charge in [0, 0.05) is 12.5 Å². The van der Waals surface area contributed by atoms with E-state index in [0.717, 1.165) is 5.82 Å². The van der Waals surface area contributed by atoms with Gasteiger partial charge in [-0.05, 0) is 12.8 Å². The molecule has 60 valence electrons. The third-order valence-electron chi connectivity index (χ3n) is 2.18. The minimum Gasteiger partial charge on any atom is -0.341 e. The summed E-state index contributed by atoms with van der Waals surface area (Å²) < 4.78 is 4.91. The van der Waals surface area contributed by atoms with Crippen LogP contribution in [0.1, 0.15) is 25.6 Å². The molecule has 11 heavy (non-hydrogen) atoms. The van der Waals surface area contributed by atoms with Crippen LogP contribution in [0.15, 0.2) is 4.52 Å². The van der Waals surface area contributed by atoms with Crippen LogP contribution >= 0.6 is 0 Å². The van der Waals surface area contributed by atoms with Crippen molar-refractivity contribution in [3.63, 3.8) is 0 Å². The van der Waals surface area contributed by atoms with E-state index in [-0.39, 0.29) is 5.41 Å². The molecule has 1 fully saturated rings. The van der Waals surface area contributed by atoms with Crippen molar-refractivity contribution in [2.45, 2.75) is 25.2 Å². The average Bonchev–Trinajstić information content (AvgIpc) is 2.61. The summed E-state index contributed by atoms with van der Waals surface area (Å²) in [5, 5.41) is 6.68. The fourth-order valence-corrected chi connectivity index (χ4v) is 0.981. The molecule has 0 spiro atoms. The molecule has 4 nitrogen and oxygen atoms in total. The normalized spacial score (nSPS) is 19.8. The summed E-state index contributed by atoms with van der Waals surface area (Å²) >= 11 is 0. The third-order valence-corrected chi connectivity index (χ3v) is 2.18. The number of aromatic nitrogens is 2. The molecule has 1 aromatic heterocycles. The van der Waals surface area contributed by atoms with Crippen LogP contribution in [-0.2, 0) is 5.41 Å². The summed E-state index contributed by atoms with van der Waals surface area (Å²) in [6.07, 6.45) is 2.35. The topological polar surface area (TPSA) is 51.0 Å². The SMILES string of the molecule is CNc1nc(C2(C)CC2)no1.